The van der Waals surface area contributed by atoms with Crippen LogP contribution in [0.2, 0.25) is 0 Å². The van der Waals surface area contributed by atoms with Crippen molar-refractivity contribution in [2.24, 2.45) is 0 Å². The Morgan fingerprint density at radius 3 is 2.14 bits per heavy atom. The summed E-state index contributed by atoms with van der Waals surface area (Å²) >= 11 is 0. The van der Waals surface area contributed by atoms with Crippen LogP contribution < -0.4 is 15.5 Å². The lowest BCUT2D eigenvalue weighted by Crippen LogP contribution is -2.16. The van der Waals surface area contributed by atoms with Crippen molar-refractivity contribution in [1.29, 1.82) is 0 Å². The molecule has 0 bridgehead atoms. The molecule has 0 saturated carbocycles. The van der Waals surface area contributed by atoms with Crippen molar-refractivity contribution in [2.45, 2.75) is 4.90 Å². The first-order valence-corrected chi connectivity index (χ1v) is 10.3. The highest BCUT2D eigenvalue weighted by Gasteiger charge is 2.19. The molecule has 1 aromatic heterocycles. The fraction of sp³-hybridized carbons (Fsp3) is 0. The largest absolute Gasteiger partial charge is 0.337 e. The monoisotopic (exact) mass is 406 g/mol. The van der Waals surface area contributed by atoms with Crippen molar-refractivity contribution < 1.29 is 12.8 Å². The molecule has 3 aromatic carbocycles. The minimum Gasteiger partial charge on any atom is -0.337 e. The van der Waals surface area contributed by atoms with Gasteiger partial charge in [-0.05, 0) is 42.5 Å². The zero-order chi connectivity index (χ0) is 20.4. The Labute approximate surface area is 168 Å². The van der Waals surface area contributed by atoms with Crippen molar-refractivity contribution in [1.82, 2.24) is 9.97 Å². The molecule has 0 aliphatic heterocycles. The molecule has 6 nitrogen and oxygen atoms in total. The summed E-state index contributed by atoms with van der Waals surface area (Å²) in [6.07, 6.45) is 0. The summed E-state index contributed by atoms with van der Waals surface area (Å²) in [5, 5.41) is 2.95. The molecule has 29 heavy (non-hydrogen) atoms. The molecule has 0 unspecified atom stereocenters. The maximum atomic E-state index is 13.6. The van der Waals surface area contributed by atoms with Gasteiger partial charge >= 0.3 is 0 Å². The molecule has 1 heterocycles. The molecule has 0 fully saturated rings. The number of fused-ring (bicyclic) bond motifs is 1. The van der Waals surface area contributed by atoms with E-state index in [1.807, 2.05) is 7.85 Å². The van der Waals surface area contributed by atoms with Gasteiger partial charge in [-0.25, -0.2) is 22.8 Å². The van der Waals surface area contributed by atoms with Crippen molar-refractivity contribution >= 4 is 51.7 Å². The number of anilines is 3. The van der Waals surface area contributed by atoms with Gasteiger partial charge in [0.2, 0.25) is 0 Å². The summed E-state index contributed by atoms with van der Waals surface area (Å²) in [5.41, 5.74) is 2.47. The highest BCUT2D eigenvalue weighted by Crippen LogP contribution is 2.27. The van der Waals surface area contributed by atoms with Crippen LogP contribution in [0.4, 0.5) is 21.7 Å². The summed E-state index contributed by atoms with van der Waals surface area (Å²) in [7, 11) is -2.01. The molecule has 0 spiro atoms. The van der Waals surface area contributed by atoms with E-state index in [0.29, 0.717) is 16.7 Å². The fourth-order valence-corrected chi connectivity index (χ4v) is 3.77. The van der Waals surface area contributed by atoms with Gasteiger partial charge in [0.1, 0.15) is 13.7 Å². The van der Waals surface area contributed by atoms with E-state index in [9.17, 15) is 12.8 Å². The number of sulfonamides is 1. The molecule has 144 valence electrons. The van der Waals surface area contributed by atoms with Crippen LogP contribution in [-0.4, -0.2) is 26.2 Å². The van der Waals surface area contributed by atoms with Crippen molar-refractivity contribution in [3.63, 3.8) is 0 Å². The van der Waals surface area contributed by atoms with Gasteiger partial charge in [-0.3, -0.25) is 4.72 Å². The molecule has 0 aliphatic rings. The predicted molar refractivity (Wildman–Crippen MR) is 115 cm³/mol. The molecule has 0 saturated heterocycles. The topological polar surface area (TPSA) is 84.0 Å². The lowest BCUT2D eigenvalue weighted by molar-refractivity contribution is 0.601. The van der Waals surface area contributed by atoms with E-state index >= 15 is 0 Å². The third-order valence-electron chi connectivity index (χ3n) is 4.22. The van der Waals surface area contributed by atoms with Crippen molar-refractivity contribution in [2.75, 3.05) is 10.0 Å². The quantitative estimate of drug-likeness (QED) is 0.498. The van der Waals surface area contributed by atoms with Crippen LogP contribution in [0.5, 0.6) is 0 Å². The smallest absolute Gasteiger partial charge is 0.263 e. The number of benzene rings is 3. The summed E-state index contributed by atoms with van der Waals surface area (Å²) < 4.78 is 41.7. The van der Waals surface area contributed by atoms with Crippen molar-refractivity contribution in [3.05, 3.63) is 78.6 Å². The van der Waals surface area contributed by atoms with Gasteiger partial charge in [-0.1, -0.05) is 35.8 Å². The van der Waals surface area contributed by atoms with Crippen LogP contribution in [0.3, 0.4) is 0 Å². The minimum absolute atomic E-state index is 0.0218. The highest BCUT2D eigenvalue weighted by atomic mass is 32.2. The molecular formula is C20H16BFN4O2S. The van der Waals surface area contributed by atoms with Gasteiger partial charge in [-0.2, -0.15) is 0 Å². The summed E-state index contributed by atoms with van der Waals surface area (Å²) in [4.78, 5) is 8.99. The second kappa shape index (κ2) is 7.52. The summed E-state index contributed by atoms with van der Waals surface area (Å²) in [5.74, 6) is -0.232. The zero-order valence-corrected chi connectivity index (χ0v) is 16.2. The molecule has 0 aliphatic carbocycles. The second-order valence-corrected chi connectivity index (χ2v) is 8.15. The van der Waals surface area contributed by atoms with Gasteiger partial charge in [0, 0.05) is 5.69 Å². The summed E-state index contributed by atoms with van der Waals surface area (Å²) in [6, 6.07) is 19.4. The number of nitrogens with one attached hydrogen (secondary N) is 2. The van der Waals surface area contributed by atoms with Gasteiger partial charge < -0.3 is 5.32 Å². The maximum absolute atomic E-state index is 13.6. The third-order valence-corrected chi connectivity index (χ3v) is 5.58. The van der Waals surface area contributed by atoms with Crippen LogP contribution in [0.1, 0.15) is 0 Å². The molecular weight excluding hydrogens is 390 g/mol. The summed E-state index contributed by atoms with van der Waals surface area (Å²) in [6.45, 7) is 0. The Kier molecular flexibility index (Phi) is 4.90. The van der Waals surface area contributed by atoms with E-state index in [4.69, 9.17) is 0 Å². The van der Waals surface area contributed by atoms with Crippen LogP contribution in [0.25, 0.3) is 11.0 Å². The zero-order valence-electron chi connectivity index (χ0n) is 15.4. The number of halogens is 1. The molecule has 4 aromatic rings. The van der Waals surface area contributed by atoms with Gasteiger partial charge in [0.15, 0.2) is 11.6 Å². The predicted octanol–water partition coefficient (Wildman–Crippen LogP) is 2.57. The standard InChI is InChI=1S/C20H16BFN4O2S/c21-13-8-10-16(11-9-13)29(27,28)26-20-19(23-15-5-3-4-14(22)12-15)24-17-6-1-2-7-18(17)25-20/h1-12H,21H2,(H,23,24)(H,25,26). The third kappa shape index (κ3) is 4.19. The number of aromatic nitrogens is 2. The Morgan fingerprint density at radius 2 is 1.48 bits per heavy atom. The Bertz CT molecular complexity index is 1300. The molecule has 0 amide bonds. The number of rotatable bonds is 5. The highest BCUT2D eigenvalue weighted by molar-refractivity contribution is 7.92. The molecule has 4 rings (SSSR count). The average molecular weight is 406 g/mol. The second-order valence-electron chi connectivity index (χ2n) is 6.46. The van der Waals surface area contributed by atoms with Crippen LogP contribution in [0, 0.1) is 5.82 Å². The Hall–Kier alpha value is -3.46. The van der Waals surface area contributed by atoms with E-state index in [1.54, 1.807) is 48.5 Å². The van der Waals surface area contributed by atoms with Crippen LogP contribution in [-0.2, 0) is 10.0 Å². The normalized spacial score (nSPS) is 11.3. The van der Waals surface area contributed by atoms with E-state index < -0.39 is 15.8 Å². The molecule has 0 radical (unpaired) electrons. The SMILES string of the molecule is Bc1ccc(S(=O)(=O)Nc2nc3ccccc3nc2Nc2cccc(F)c2)cc1. The van der Waals surface area contributed by atoms with Crippen molar-refractivity contribution in [3.8, 4) is 0 Å². The minimum atomic E-state index is -3.89. The maximum Gasteiger partial charge on any atom is 0.263 e. The number of para-hydroxylation sites is 2. The van der Waals surface area contributed by atoms with E-state index in [1.165, 1.54) is 24.3 Å². The number of nitrogens with zero attached hydrogens (tertiary/aromatic N) is 2. The Morgan fingerprint density at radius 1 is 0.828 bits per heavy atom. The van der Waals surface area contributed by atoms with Gasteiger partial charge in [0.25, 0.3) is 10.0 Å². The number of hydrogen-bond donors (Lipinski definition) is 2. The lowest BCUT2D eigenvalue weighted by Gasteiger charge is -2.14. The lowest BCUT2D eigenvalue weighted by atomic mass is 9.97. The fourth-order valence-electron chi connectivity index (χ4n) is 2.76. The van der Waals surface area contributed by atoms with E-state index in [2.05, 4.69) is 20.0 Å². The molecule has 9 heteroatoms. The molecule has 0 atom stereocenters. The van der Waals surface area contributed by atoms with E-state index in [0.717, 1.165) is 5.46 Å². The number of hydrogen-bond acceptors (Lipinski definition) is 5. The first-order chi connectivity index (χ1) is 13.9. The first-order valence-electron chi connectivity index (χ1n) is 8.80. The van der Waals surface area contributed by atoms with Gasteiger partial charge in [0.05, 0.1) is 15.9 Å². The Balaban J connectivity index is 1.78. The van der Waals surface area contributed by atoms with Crippen LogP contribution in [0.15, 0.2) is 77.7 Å². The molecule has 2 N–H and O–H groups in total. The van der Waals surface area contributed by atoms with Gasteiger partial charge in [-0.15, -0.1) is 0 Å². The van der Waals surface area contributed by atoms with E-state index in [-0.39, 0.29) is 16.5 Å². The van der Waals surface area contributed by atoms with Crippen LogP contribution >= 0.6 is 0 Å². The first kappa shape index (κ1) is 18.9. The average Bonchev–Trinajstić information content (AvgIpc) is 2.68.